The van der Waals surface area contributed by atoms with Crippen molar-refractivity contribution in [3.63, 3.8) is 0 Å². The fourth-order valence-electron chi connectivity index (χ4n) is 7.94. The molecule has 1 spiro atoms. The van der Waals surface area contributed by atoms with Crippen LogP contribution in [-0.4, -0.2) is 126 Å². The van der Waals surface area contributed by atoms with Crippen LogP contribution in [-0.2, 0) is 19.1 Å². The number of morpholine rings is 1. The number of thioether (sulfide) groups is 1. The van der Waals surface area contributed by atoms with Gasteiger partial charge >= 0.3 is 0 Å². The SMILES string of the molecule is C=CCN(CCN1CCOCC1)C(=O)C1N(CCCCO)C(=O)[C@@H]2[C@@H](C(=O)N(CC=C)c3ccc(OCC)cc3)[C@H]3CC(C)C12S3. The molecule has 4 saturated heterocycles. The number of unbranched alkanes of at least 4 members (excludes halogenated alkanes) is 1. The Morgan fingerprint density at radius 1 is 1.11 bits per heavy atom. The molecule has 5 rings (SSSR count). The van der Waals surface area contributed by atoms with Crippen molar-refractivity contribution >= 4 is 35.2 Å². The number of aliphatic hydroxyl groups is 1. The van der Waals surface area contributed by atoms with E-state index >= 15 is 0 Å². The highest BCUT2D eigenvalue weighted by molar-refractivity contribution is 8.02. The highest BCUT2D eigenvalue weighted by Gasteiger charge is 2.76. The summed E-state index contributed by atoms with van der Waals surface area (Å²) in [6.07, 6.45) is 5.34. The van der Waals surface area contributed by atoms with Crippen LogP contribution in [0.15, 0.2) is 49.6 Å². The molecule has 0 saturated carbocycles. The summed E-state index contributed by atoms with van der Waals surface area (Å²) in [6.45, 7) is 17.8. The van der Waals surface area contributed by atoms with Crippen molar-refractivity contribution in [3.8, 4) is 5.75 Å². The van der Waals surface area contributed by atoms with Crippen LogP contribution >= 0.6 is 11.8 Å². The molecule has 3 amide bonds. The highest BCUT2D eigenvalue weighted by atomic mass is 32.2. The predicted octanol–water partition coefficient (Wildman–Crippen LogP) is 3.06. The molecule has 4 fully saturated rings. The number of likely N-dealkylation sites (tertiary alicyclic amines) is 1. The van der Waals surface area contributed by atoms with Crippen molar-refractivity contribution in [2.75, 3.05) is 77.1 Å². The number of anilines is 1. The van der Waals surface area contributed by atoms with E-state index in [0.717, 1.165) is 37.5 Å². The lowest BCUT2D eigenvalue weighted by Gasteiger charge is -2.41. The third-order valence-corrected chi connectivity index (χ3v) is 12.1. The zero-order valence-corrected chi connectivity index (χ0v) is 28.2. The zero-order chi connectivity index (χ0) is 32.8. The fourth-order valence-corrected chi connectivity index (χ4v) is 10.4. The van der Waals surface area contributed by atoms with Crippen LogP contribution in [0.1, 0.15) is 33.1 Å². The van der Waals surface area contributed by atoms with Gasteiger partial charge in [0.1, 0.15) is 11.8 Å². The zero-order valence-electron chi connectivity index (χ0n) is 27.4. The lowest BCUT2D eigenvalue weighted by Crippen LogP contribution is -2.58. The molecule has 1 aromatic rings. The predicted molar refractivity (Wildman–Crippen MR) is 181 cm³/mol. The van der Waals surface area contributed by atoms with Crippen LogP contribution in [0, 0.1) is 17.8 Å². The average Bonchev–Trinajstić information content (AvgIpc) is 3.66. The van der Waals surface area contributed by atoms with E-state index in [-0.39, 0.29) is 35.5 Å². The molecule has 1 aromatic carbocycles. The Hall–Kier alpha value is -2.86. The van der Waals surface area contributed by atoms with E-state index in [4.69, 9.17) is 9.47 Å². The number of amides is 3. The number of benzene rings is 1. The number of carbonyl (C=O) groups excluding carboxylic acids is 3. The number of rotatable bonds is 16. The molecular weight excluding hydrogens is 604 g/mol. The van der Waals surface area contributed by atoms with Crippen LogP contribution in [0.4, 0.5) is 5.69 Å². The first kappa shape index (κ1) is 34.5. The maximum Gasteiger partial charge on any atom is 0.247 e. The van der Waals surface area contributed by atoms with E-state index in [0.29, 0.717) is 58.8 Å². The summed E-state index contributed by atoms with van der Waals surface area (Å²) in [5.74, 6) is -0.665. The van der Waals surface area contributed by atoms with Gasteiger partial charge < -0.3 is 29.3 Å². The topological polar surface area (TPSA) is 103 Å². The van der Waals surface area contributed by atoms with Crippen molar-refractivity contribution in [3.05, 3.63) is 49.6 Å². The Balaban J connectivity index is 1.47. The van der Waals surface area contributed by atoms with Gasteiger partial charge in [-0.05, 0) is 56.4 Å². The maximum atomic E-state index is 14.7. The number of aliphatic hydroxyl groups excluding tert-OH is 1. The molecule has 4 aliphatic heterocycles. The Morgan fingerprint density at radius 3 is 2.48 bits per heavy atom. The van der Waals surface area contributed by atoms with Gasteiger partial charge in [0.25, 0.3) is 0 Å². The Bertz CT molecular complexity index is 1260. The molecular formula is C35H50N4O6S. The van der Waals surface area contributed by atoms with Gasteiger partial charge in [0.05, 0.1) is 36.4 Å². The largest absolute Gasteiger partial charge is 0.494 e. The quantitative estimate of drug-likeness (QED) is 0.215. The minimum absolute atomic E-state index is 0.0181. The summed E-state index contributed by atoms with van der Waals surface area (Å²) in [5.41, 5.74) is 0.723. The molecule has 6 atom stereocenters. The van der Waals surface area contributed by atoms with Gasteiger partial charge in [-0.1, -0.05) is 19.1 Å². The number of hydrogen-bond donors (Lipinski definition) is 1. The molecule has 46 heavy (non-hydrogen) atoms. The molecule has 252 valence electrons. The number of hydrogen-bond acceptors (Lipinski definition) is 8. The monoisotopic (exact) mass is 654 g/mol. The van der Waals surface area contributed by atoms with Crippen LogP contribution < -0.4 is 9.64 Å². The lowest BCUT2D eigenvalue weighted by atomic mass is 9.65. The van der Waals surface area contributed by atoms with Crippen LogP contribution in [0.3, 0.4) is 0 Å². The normalized spacial score (nSPS) is 28.6. The van der Waals surface area contributed by atoms with Crippen molar-refractivity contribution < 1.29 is 29.0 Å². The molecule has 4 aliphatic rings. The van der Waals surface area contributed by atoms with Crippen LogP contribution in [0.25, 0.3) is 0 Å². The van der Waals surface area contributed by atoms with Crippen molar-refractivity contribution in [2.24, 2.45) is 17.8 Å². The maximum absolute atomic E-state index is 14.7. The Kier molecular flexibility index (Phi) is 11.5. The standard InChI is InChI=1S/C35H50N4O6S/c1-5-14-37(18-17-36-19-22-44-23-20-36)34(43)31-35-25(4)24-28(46-35)29(30(35)33(42)39(31)16-8-9-21-40)32(41)38(15-6-2)26-10-12-27(13-11-26)45-7-3/h5-6,10-13,25,28-31,40H,1-2,7-9,14-24H2,3-4H3/t25?,28-,29+,30+,31?,35?/m1/s1. The Morgan fingerprint density at radius 2 is 1.83 bits per heavy atom. The molecule has 0 aliphatic carbocycles. The van der Waals surface area contributed by atoms with E-state index in [1.54, 1.807) is 33.7 Å². The van der Waals surface area contributed by atoms with Gasteiger partial charge in [0, 0.05) is 63.4 Å². The second kappa shape index (κ2) is 15.4. The number of fused-ring (bicyclic) bond motifs is 1. The third kappa shape index (κ3) is 6.48. The van der Waals surface area contributed by atoms with E-state index in [2.05, 4.69) is 25.0 Å². The minimum atomic E-state index is -0.713. The lowest BCUT2D eigenvalue weighted by molar-refractivity contribution is -0.143. The fraction of sp³-hybridized carbons (Fsp3) is 0.629. The van der Waals surface area contributed by atoms with Gasteiger partial charge in [0.15, 0.2) is 0 Å². The summed E-state index contributed by atoms with van der Waals surface area (Å²) in [5, 5.41) is 9.48. The van der Waals surface area contributed by atoms with Gasteiger partial charge in [-0.3, -0.25) is 19.3 Å². The second-order valence-electron chi connectivity index (χ2n) is 12.7. The minimum Gasteiger partial charge on any atom is -0.494 e. The van der Waals surface area contributed by atoms with Gasteiger partial charge in [-0.2, -0.15) is 0 Å². The van der Waals surface area contributed by atoms with Crippen molar-refractivity contribution in [1.82, 2.24) is 14.7 Å². The van der Waals surface area contributed by atoms with Crippen molar-refractivity contribution in [2.45, 2.75) is 49.1 Å². The first-order valence-electron chi connectivity index (χ1n) is 16.8. The van der Waals surface area contributed by atoms with Crippen LogP contribution in [0.2, 0.25) is 0 Å². The van der Waals surface area contributed by atoms with Gasteiger partial charge in [-0.15, -0.1) is 24.9 Å². The molecule has 1 N–H and O–H groups in total. The third-order valence-electron chi connectivity index (χ3n) is 10.1. The highest BCUT2D eigenvalue weighted by Crippen LogP contribution is 2.69. The number of ether oxygens (including phenoxy) is 2. The number of carbonyl (C=O) groups is 3. The smallest absolute Gasteiger partial charge is 0.247 e. The average molecular weight is 655 g/mol. The molecule has 2 bridgehead atoms. The second-order valence-corrected chi connectivity index (χ2v) is 14.3. The first-order valence-corrected chi connectivity index (χ1v) is 17.6. The summed E-state index contributed by atoms with van der Waals surface area (Å²) < 4.78 is 10.4. The molecule has 0 aromatic heterocycles. The molecule has 10 nitrogen and oxygen atoms in total. The Labute approximate surface area is 277 Å². The van der Waals surface area contributed by atoms with E-state index in [1.807, 2.05) is 36.1 Å². The summed E-state index contributed by atoms with van der Waals surface area (Å²) >= 11 is 1.69. The summed E-state index contributed by atoms with van der Waals surface area (Å²) in [4.78, 5) is 51.5. The molecule has 11 heteroatoms. The summed E-state index contributed by atoms with van der Waals surface area (Å²) in [7, 11) is 0. The van der Waals surface area contributed by atoms with Gasteiger partial charge in [-0.25, -0.2) is 0 Å². The van der Waals surface area contributed by atoms with E-state index in [9.17, 15) is 19.5 Å². The summed E-state index contributed by atoms with van der Waals surface area (Å²) in [6, 6.07) is 6.76. The van der Waals surface area contributed by atoms with Crippen LogP contribution in [0.5, 0.6) is 5.75 Å². The van der Waals surface area contributed by atoms with Crippen molar-refractivity contribution in [1.29, 1.82) is 0 Å². The molecule has 4 heterocycles. The molecule has 0 radical (unpaired) electrons. The van der Waals surface area contributed by atoms with E-state index in [1.165, 1.54) is 0 Å². The number of nitrogens with zero attached hydrogens (tertiary/aromatic N) is 4. The van der Waals surface area contributed by atoms with E-state index < -0.39 is 22.6 Å². The first-order chi connectivity index (χ1) is 22.3. The molecule has 3 unspecified atom stereocenters. The van der Waals surface area contributed by atoms with Gasteiger partial charge in [0.2, 0.25) is 17.7 Å².